The Labute approximate surface area is 97.1 Å². The minimum atomic E-state index is -0.0169. The van der Waals surface area contributed by atoms with Gasteiger partial charge in [0.05, 0.1) is 11.2 Å². The molecule has 1 aromatic rings. The molecule has 0 aliphatic rings. The Balaban J connectivity index is 2.94. The van der Waals surface area contributed by atoms with Crippen molar-refractivity contribution in [1.82, 2.24) is 10.3 Å². The highest BCUT2D eigenvalue weighted by Crippen LogP contribution is 2.28. The predicted molar refractivity (Wildman–Crippen MR) is 67.5 cm³/mol. The highest BCUT2D eigenvalue weighted by atomic mass is 32.1. The van der Waals surface area contributed by atoms with E-state index in [2.05, 4.69) is 46.9 Å². The summed E-state index contributed by atoms with van der Waals surface area (Å²) in [5.74, 6) is 0. The molecule has 0 fully saturated rings. The lowest BCUT2D eigenvalue weighted by molar-refractivity contribution is 0.364. The van der Waals surface area contributed by atoms with Crippen molar-refractivity contribution in [2.24, 2.45) is 0 Å². The number of nitrogens with one attached hydrogen (secondary N) is 1. The molecule has 0 unspecified atom stereocenters. The van der Waals surface area contributed by atoms with Crippen molar-refractivity contribution in [3.8, 4) is 0 Å². The molecule has 0 bridgehead atoms. The molecular formula is C12H22N2S. The second-order valence-corrected chi connectivity index (χ2v) is 6.00. The Morgan fingerprint density at radius 2 is 2.00 bits per heavy atom. The molecule has 0 amide bonds. The van der Waals surface area contributed by atoms with Crippen LogP contribution >= 0.6 is 11.3 Å². The second kappa shape index (κ2) is 4.62. The summed E-state index contributed by atoms with van der Waals surface area (Å²) >= 11 is 1.81. The quantitative estimate of drug-likeness (QED) is 0.852. The van der Waals surface area contributed by atoms with Crippen LogP contribution in [0.5, 0.6) is 0 Å². The van der Waals surface area contributed by atoms with Crippen molar-refractivity contribution in [3.63, 3.8) is 0 Å². The first-order chi connectivity index (χ1) is 6.86. The van der Waals surface area contributed by atoms with Crippen LogP contribution in [0.25, 0.3) is 0 Å². The molecule has 2 nitrogen and oxygen atoms in total. The van der Waals surface area contributed by atoms with E-state index in [1.165, 1.54) is 15.6 Å². The van der Waals surface area contributed by atoms with E-state index in [4.69, 9.17) is 4.98 Å². The van der Waals surface area contributed by atoms with Crippen LogP contribution in [0.3, 0.4) is 0 Å². The first-order valence-electron chi connectivity index (χ1n) is 5.61. The summed E-state index contributed by atoms with van der Waals surface area (Å²) in [6.45, 7) is 13.1. The van der Waals surface area contributed by atoms with Gasteiger partial charge >= 0.3 is 0 Å². The van der Waals surface area contributed by atoms with Gasteiger partial charge in [-0.05, 0) is 41.0 Å². The molecule has 0 saturated heterocycles. The summed E-state index contributed by atoms with van der Waals surface area (Å²) in [6, 6.07) is 0.481. The van der Waals surface area contributed by atoms with Gasteiger partial charge in [-0.2, -0.15) is 0 Å². The molecule has 0 aliphatic heterocycles. The monoisotopic (exact) mass is 226 g/mol. The van der Waals surface area contributed by atoms with Gasteiger partial charge in [0.2, 0.25) is 0 Å². The van der Waals surface area contributed by atoms with Crippen molar-refractivity contribution in [1.29, 1.82) is 0 Å². The van der Waals surface area contributed by atoms with Crippen LogP contribution < -0.4 is 5.32 Å². The molecule has 86 valence electrons. The topological polar surface area (TPSA) is 24.9 Å². The van der Waals surface area contributed by atoms with Crippen LogP contribution in [0.15, 0.2) is 0 Å². The lowest BCUT2D eigenvalue weighted by Crippen LogP contribution is -2.40. The van der Waals surface area contributed by atoms with Crippen molar-refractivity contribution in [2.45, 2.75) is 59.5 Å². The fraction of sp³-hybridized carbons (Fsp3) is 0.750. The first kappa shape index (κ1) is 12.7. The zero-order valence-corrected chi connectivity index (χ0v) is 11.5. The third-order valence-electron chi connectivity index (χ3n) is 2.41. The first-order valence-corrected chi connectivity index (χ1v) is 6.43. The predicted octanol–water partition coefficient (Wildman–Crippen LogP) is 3.25. The van der Waals surface area contributed by atoms with Gasteiger partial charge in [0, 0.05) is 10.9 Å². The van der Waals surface area contributed by atoms with Crippen LogP contribution in [0.2, 0.25) is 0 Å². The Morgan fingerprint density at radius 1 is 1.40 bits per heavy atom. The van der Waals surface area contributed by atoms with Gasteiger partial charge in [0.25, 0.3) is 0 Å². The van der Waals surface area contributed by atoms with Gasteiger partial charge in [0.15, 0.2) is 0 Å². The lowest BCUT2D eigenvalue weighted by Gasteiger charge is -2.26. The van der Waals surface area contributed by atoms with Crippen LogP contribution in [-0.4, -0.2) is 11.0 Å². The normalized spacial score (nSPS) is 12.5. The molecular weight excluding hydrogens is 204 g/mol. The standard InChI is InChI=1S/C12H22N2S/c1-7-10-9(4)15-11(13-10)12(5,6)14-8(2)3/h8,14H,7H2,1-6H3. The van der Waals surface area contributed by atoms with Gasteiger partial charge in [-0.15, -0.1) is 11.3 Å². The van der Waals surface area contributed by atoms with E-state index in [1.807, 2.05) is 11.3 Å². The minimum absolute atomic E-state index is 0.0169. The van der Waals surface area contributed by atoms with Gasteiger partial charge in [0.1, 0.15) is 5.01 Å². The average Bonchev–Trinajstić information content (AvgIpc) is 2.45. The van der Waals surface area contributed by atoms with Crippen LogP contribution in [0, 0.1) is 6.92 Å². The van der Waals surface area contributed by atoms with Crippen LogP contribution in [0.4, 0.5) is 0 Å². The smallest absolute Gasteiger partial charge is 0.113 e. The molecule has 3 heteroatoms. The molecule has 0 saturated carbocycles. The SMILES string of the molecule is CCc1nc(C(C)(C)NC(C)C)sc1C. The Kier molecular flexibility index (Phi) is 3.90. The third-order valence-corrected chi connectivity index (χ3v) is 3.75. The summed E-state index contributed by atoms with van der Waals surface area (Å²) in [5, 5.41) is 4.75. The molecule has 1 heterocycles. The molecule has 1 N–H and O–H groups in total. The summed E-state index contributed by atoms with van der Waals surface area (Å²) < 4.78 is 0. The number of hydrogen-bond donors (Lipinski definition) is 1. The molecule has 15 heavy (non-hydrogen) atoms. The maximum absolute atomic E-state index is 4.71. The number of thiazole rings is 1. The fourth-order valence-corrected chi connectivity index (χ4v) is 2.87. The number of nitrogens with zero attached hydrogens (tertiary/aromatic N) is 1. The van der Waals surface area contributed by atoms with Crippen molar-refractivity contribution >= 4 is 11.3 Å². The maximum atomic E-state index is 4.71. The largest absolute Gasteiger partial charge is 0.304 e. The number of hydrogen-bond acceptors (Lipinski definition) is 3. The zero-order valence-electron chi connectivity index (χ0n) is 10.6. The third kappa shape index (κ3) is 3.02. The summed E-state index contributed by atoms with van der Waals surface area (Å²) in [5.41, 5.74) is 1.23. The molecule has 0 radical (unpaired) electrons. The summed E-state index contributed by atoms with van der Waals surface area (Å²) in [4.78, 5) is 6.06. The Morgan fingerprint density at radius 3 is 2.40 bits per heavy atom. The van der Waals surface area contributed by atoms with Gasteiger partial charge < -0.3 is 5.32 Å². The zero-order chi connectivity index (χ0) is 11.6. The molecule has 1 rings (SSSR count). The van der Waals surface area contributed by atoms with E-state index in [0.29, 0.717) is 6.04 Å². The minimum Gasteiger partial charge on any atom is -0.304 e. The molecule has 0 aromatic carbocycles. The molecule has 1 aromatic heterocycles. The number of aryl methyl sites for hydroxylation is 2. The maximum Gasteiger partial charge on any atom is 0.113 e. The van der Waals surface area contributed by atoms with Crippen molar-refractivity contribution < 1.29 is 0 Å². The highest BCUT2D eigenvalue weighted by Gasteiger charge is 2.25. The van der Waals surface area contributed by atoms with Gasteiger partial charge in [-0.25, -0.2) is 4.98 Å². The molecule has 0 aliphatic carbocycles. The fourth-order valence-electron chi connectivity index (χ4n) is 1.81. The van der Waals surface area contributed by atoms with E-state index in [1.54, 1.807) is 0 Å². The van der Waals surface area contributed by atoms with Gasteiger partial charge in [-0.1, -0.05) is 6.92 Å². The number of rotatable bonds is 4. The van der Waals surface area contributed by atoms with Crippen molar-refractivity contribution in [3.05, 3.63) is 15.6 Å². The van der Waals surface area contributed by atoms with Crippen molar-refractivity contribution in [2.75, 3.05) is 0 Å². The average molecular weight is 226 g/mol. The van der Waals surface area contributed by atoms with E-state index in [9.17, 15) is 0 Å². The van der Waals surface area contributed by atoms with Crippen LogP contribution in [-0.2, 0) is 12.0 Å². The second-order valence-electron chi connectivity index (χ2n) is 4.80. The molecule has 0 atom stereocenters. The van der Waals surface area contributed by atoms with E-state index in [-0.39, 0.29) is 5.54 Å². The van der Waals surface area contributed by atoms with Crippen LogP contribution in [0.1, 0.15) is 50.2 Å². The summed E-state index contributed by atoms with van der Waals surface area (Å²) in [7, 11) is 0. The number of aromatic nitrogens is 1. The van der Waals surface area contributed by atoms with E-state index in [0.717, 1.165) is 6.42 Å². The highest BCUT2D eigenvalue weighted by molar-refractivity contribution is 7.11. The Bertz CT molecular complexity index is 326. The van der Waals surface area contributed by atoms with E-state index >= 15 is 0 Å². The lowest BCUT2D eigenvalue weighted by atomic mass is 10.1. The van der Waals surface area contributed by atoms with Gasteiger partial charge in [-0.3, -0.25) is 0 Å². The van der Waals surface area contributed by atoms with E-state index < -0.39 is 0 Å². The Hall–Kier alpha value is -0.410. The summed E-state index contributed by atoms with van der Waals surface area (Å²) in [6.07, 6.45) is 1.03. The molecule has 0 spiro atoms.